The summed E-state index contributed by atoms with van der Waals surface area (Å²) in [6, 6.07) is 8.78. The molecule has 9 heteroatoms. The molecule has 190 valence electrons. The average Bonchev–Trinajstić information content (AvgIpc) is 3.02. The van der Waals surface area contributed by atoms with Gasteiger partial charge in [-0.1, -0.05) is 18.2 Å². The first-order valence-corrected chi connectivity index (χ1v) is 12.3. The Morgan fingerprint density at radius 3 is 2.78 bits per heavy atom. The van der Waals surface area contributed by atoms with Gasteiger partial charge >= 0.3 is 0 Å². The molecule has 1 aromatic carbocycles. The molecule has 1 unspecified atom stereocenters. The van der Waals surface area contributed by atoms with Crippen LogP contribution in [0.2, 0.25) is 0 Å². The number of carbonyl (C=O) groups excluding carboxylic acids is 2. The Morgan fingerprint density at radius 2 is 2.03 bits per heavy atom. The number of hydrogen-bond acceptors (Lipinski definition) is 5. The van der Waals surface area contributed by atoms with Gasteiger partial charge in [-0.2, -0.15) is 0 Å². The number of rotatable bonds is 6. The van der Waals surface area contributed by atoms with Crippen molar-refractivity contribution in [2.45, 2.75) is 32.2 Å². The smallest absolute Gasteiger partial charge is 0.258 e. The molecule has 36 heavy (non-hydrogen) atoms. The first-order chi connectivity index (χ1) is 17.2. The molecule has 1 fully saturated rings. The van der Waals surface area contributed by atoms with Gasteiger partial charge in [0, 0.05) is 50.6 Å². The third-order valence-corrected chi connectivity index (χ3v) is 6.56. The fourth-order valence-corrected chi connectivity index (χ4v) is 4.63. The van der Waals surface area contributed by atoms with E-state index in [1.165, 1.54) is 10.6 Å². The van der Waals surface area contributed by atoms with Crippen LogP contribution in [0.3, 0.4) is 0 Å². The van der Waals surface area contributed by atoms with Gasteiger partial charge in [-0.25, -0.2) is 4.98 Å². The maximum Gasteiger partial charge on any atom is 0.258 e. The molecule has 1 N–H and O–H groups in total. The van der Waals surface area contributed by atoms with E-state index in [1.54, 1.807) is 25.4 Å². The molecular weight excluding hydrogens is 456 g/mol. The topological polar surface area (TPSA) is 92.5 Å². The van der Waals surface area contributed by atoms with Crippen molar-refractivity contribution >= 4 is 28.8 Å². The second kappa shape index (κ2) is 10.9. The van der Waals surface area contributed by atoms with Gasteiger partial charge in [0.05, 0.1) is 17.1 Å². The predicted molar refractivity (Wildman–Crippen MR) is 141 cm³/mol. The third-order valence-electron chi connectivity index (χ3n) is 6.56. The minimum atomic E-state index is -0.393. The molecule has 2 amide bonds. The zero-order valence-electron chi connectivity index (χ0n) is 21.4. The van der Waals surface area contributed by atoms with Gasteiger partial charge in [0.1, 0.15) is 0 Å². The second-order valence-electron chi connectivity index (χ2n) is 9.67. The molecule has 0 spiro atoms. The van der Waals surface area contributed by atoms with Crippen LogP contribution in [0, 0.1) is 6.92 Å². The van der Waals surface area contributed by atoms with Crippen molar-refractivity contribution in [2.75, 3.05) is 39.0 Å². The van der Waals surface area contributed by atoms with Gasteiger partial charge in [-0.05, 0) is 58.0 Å². The normalized spacial score (nSPS) is 16.6. The average molecular weight is 491 g/mol. The molecule has 1 aliphatic heterocycles. The van der Waals surface area contributed by atoms with Crippen molar-refractivity contribution in [1.82, 2.24) is 23.9 Å². The monoisotopic (exact) mass is 490 g/mol. The quantitative estimate of drug-likeness (QED) is 0.537. The SMILES string of the molecule is Cc1cccc2nc(NC(=O)c3ccn(C)c(=O)c3)n(C3CCCCN(C(=O)C=CCN(C)C)C3)c12. The number of hydrogen-bond donors (Lipinski definition) is 1. The van der Waals surface area contributed by atoms with Crippen LogP contribution in [0.1, 0.15) is 41.2 Å². The number of likely N-dealkylation sites (N-methyl/N-ethyl adjacent to an activating group) is 1. The summed E-state index contributed by atoms with van der Waals surface area (Å²) in [6.45, 7) is 3.95. The molecule has 0 aliphatic carbocycles. The minimum absolute atomic E-state index is 0.00407. The van der Waals surface area contributed by atoms with Crippen LogP contribution in [0.25, 0.3) is 11.0 Å². The largest absolute Gasteiger partial charge is 0.337 e. The Balaban J connectivity index is 1.68. The molecule has 0 radical (unpaired) electrons. The maximum atomic E-state index is 13.1. The highest BCUT2D eigenvalue weighted by molar-refractivity contribution is 6.04. The van der Waals surface area contributed by atoms with E-state index in [1.807, 2.05) is 55.1 Å². The third kappa shape index (κ3) is 5.57. The van der Waals surface area contributed by atoms with E-state index in [-0.39, 0.29) is 23.1 Å². The Morgan fingerprint density at radius 1 is 1.22 bits per heavy atom. The van der Waals surface area contributed by atoms with Crippen LogP contribution in [0.15, 0.2) is 53.5 Å². The van der Waals surface area contributed by atoms with E-state index in [0.717, 1.165) is 35.9 Å². The van der Waals surface area contributed by atoms with Crippen LogP contribution in [-0.2, 0) is 11.8 Å². The first kappa shape index (κ1) is 25.4. The van der Waals surface area contributed by atoms with Gasteiger partial charge in [0.2, 0.25) is 11.9 Å². The van der Waals surface area contributed by atoms with Crippen molar-refractivity contribution in [3.63, 3.8) is 0 Å². The molecule has 4 rings (SSSR count). The highest BCUT2D eigenvalue weighted by atomic mass is 16.2. The number of carbonyl (C=O) groups is 2. The number of pyridine rings is 1. The number of fused-ring (bicyclic) bond motifs is 1. The summed E-state index contributed by atoms with van der Waals surface area (Å²) in [5, 5.41) is 2.94. The highest BCUT2D eigenvalue weighted by Gasteiger charge is 2.27. The number of benzene rings is 1. The van der Waals surface area contributed by atoms with Gasteiger partial charge in [-0.3, -0.25) is 19.7 Å². The number of amides is 2. The number of likely N-dealkylation sites (tertiary alicyclic amines) is 1. The molecule has 0 saturated carbocycles. The lowest BCUT2D eigenvalue weighted by Crippen LogP contribution is -2.35. The van der Waals surface area contributed by atoms with Crippen LogP contribution in [0.5, 0.6) is 0 Å². The van der Waals surface area contributed by atoms with Crippen molar-refractivity contribution in [2.24, 2.45) is 7.05 Å². The summed E-state index contributed by atoms with van der Waals surface area (Å²) in [6.07, 6.45) is 7.85. The van der Waals surface area contributed by atoms with Crippen molar-refractivity contribution < 1.29 is 9.59 Å². The fourth-order valence-electron chi connectivity index (χ4n) is 4.63. The number of aryl methyl sites for hydroxylation is 2. The number of imidazole rings is 1. The predicted octanol–water partition coefficient (Wildman–Crippen LogP) is 2.97. The van der Waals surface area contributed by atoms with Gasteiger partial charge in [0.25, 0.3) is 11.5 Å². The summed E-state index contributed by atoms with van der Waals surface area (Å²) in [5.41, 5.74) is 2.79. The lowest BCUT2D eigenvalue weighted by atomic mass is 10.1. The standard InChI is InChI=1S/C27H34N6O3/c1-19-9-7-11-22-25(19)33(27(28-22)29-26(36)20-13-16-31(4)24(35)17-20)21-10-5-6-15-32(18-21)23(34)12-8-14-30(2)3/h7-9,11-13,16-17,21H,5-6,10,14-15,18H2,1-4H3,(H,28,29,36). The molecule has 0 bridgehead atoms. The summed E-state index contributed by atoms with van der Waals surface area (Å²) >= 11 is 0. The van der Waals surface area contributed by atoms with Gasteiger partial charge in [0.15, 0.2) is 0 Å². The number of nitrogens with zero attached hydrogens (tertiary/aromatic N) is 5. The lowest BCUT2D eigenvalue weighted by Gasteiger charge is -2.26. The molecule has 3 aromatic rings. The fraction of sp³-hybridized carbons (Fsp3) is 0.407. The Labute approximate surface area is 211 Å². The molecular formula is C27H34N6O3. The molecule has 1 saturated heterocycles. The van der Waals surface area contributed by atoms with Crippen LogP contribution < -0.4 is 10.9 Å². The summed E-state index contributed by atoms with van der Waals surface area (Å²) in [7, 11) is 5.57. The molecule has 2 aromatic heterocycles. The van der Waals surface area contributed by atoms with E-state index < -0.39 is 5.91 Å². The van der Waals surface area contributed by atoms with Crippen molar-refractivity contribution in [3.05, 3.63) is 70.2 Å². The molecule has 1 aliphatic rings. The number of aromatic nitrogens is 3. The van der Waals surface area contributed by atoms with Crippen molar-refractivity contribution in [1.29, 1.82) is 0 Å². The van der Waals surface area contributed by atoms with E-state index in [2.05, 4.69) is 9.88 Å². The Bertz CT molecular complexity index is 1350. The Hall–Kier alpha value is -3.72. The highest BCUT2D eigenvalue weighted by Crippen LogP contribution is 2.32. The summed E-state index contributed by atoms with van der Waals surface area (Å²) in [4.78, 5) is 46.8. The molecule has 1 atom stereocenters. The maximum absolute atomic E-state index is 13.1. The number of para-hydroxylation sites is 1. The first-order valence-electron chi connectivity index (χ1n) is 12.3. The Kier molecular flexibility index (Phi) is 7.69. The van der Waals surface area contributed by atoms with E-state index in [4.69, 9.17) is 4.98 Å². The lowest BCUT2D eigenvalue weighted by molar-refractivity contribution is -0.126. The van der Waals surface area contributed by atoms with E-state index in [0.29, 0.717) is 25.6 Å². The zero-order chi connectivity index (χ0) is 25.8. The van der Waals surface area contributed by atoms with Gasteiger partial charge in [-0.15, -0.1) is 0 Å². The summed E-state index contributed by atoms with van der Waals surface area (Å²) in [5.74, 6) is 0.0260. The molecule has 9 nitrogen and oxygen atoms in total. The number of nitrogens with one attached hydrogen (secondary N) is 1. The molecule has 3 heterocycles. The number of anilines is 1. The summed E-state index contributed by atoms with van der Waals surface area (Å²) < 4.78 is 3.48. The van der Waals surface area contributed by atoms with E-state index >= 15 is 0 Å². The van der Waals surface area contributed by atoms with Crippen LogP contribution in [-0.4, -0.2) is 69.5 Å². The van der Waals surface area contributed by atoms with Crippen molar-refractivity contribution in [3.8, 4) is 0 Å². The second-order valence-corrected chi connectivity index (χ2v) is 9.67. The van der Waals surface area contributed by atoms with Crippen LogP contribution in [0.4, 0.5) is 5.95 Å². The minimum Gasteiger partial charge on any atom is -0.337 e. The van der Waals surface area contributed by atoms with Crippen LogP contribution >= 0.6 is 0 Å². The van der Waals surface area contributed by atoms with Gasteiger partial charge < -0.3 is 18.9 Å². The zero-order valence-corrected chi connectivity index (χ0v) is 21.4. The van der Waals surface area contributed by atoms with E-state index in [9.17, 15) is 14.4 Å².